The quantitative estimate of drug-likeness (QED) is 0.812. The van der Waals surface area contributed by atoms with Gasteiger partial charge in [-0.05, 0) is 47.2 Å². The van der Waals surface area contributed by atoms with Crippen LogP contribution in [0.15, 0.2) is 55.1 Å². The lowest BCUT2D eigenvalue weighted by atomic mass is 9.86. The van der Waals surface area contributed by atoms with E-state index in [4.69, 9.17) is 0 Å². The lowest BCUT2D eigenvalue weighted by Crippen LogP contribution is -2.10. The zero-order valence-electron chi connectivity index (χ0n) is 11.2. The molecule has 2 aromatic carbocycles. The summed E-state index contributed by atoms with van der Waals surface area (Å²) >= 11 is 0. The van der Waals surface area contributed by atoms with Gasteiger partial charge in [0.15, 0.2) is 0 Å². The van der Waals surface area contributed by atoms with Crippen molar-refractivity contribution in [2.24, 2.45) is 0 Å². The average molecular weight is 268 g/mol. The Hall–Kier alpha value is -1.93. The molecule has 2 atom stereocenters. The van der Waals surface area contributed by atoms with Crippen molar-refractivity contribution in [2.45, 2.75) is 24.9 Å². The SMILES string of the molecule is C=CC[C@H]1c2ccccc2Cc2ccc(F)cc2[C@@H]1O. The second-order valence-electron chi connectivity index (χ2n) is 5.29. The molecular formula is C18H17FO. The maximum atomic E-state index is 13.5. The second-order valence-corrected chi connectivity index (χ2v) is 5.29. The van der Waals surface area contributed by atoms with Gasteiger partial charge in [0.1, 0.15) is 5.82 Å². The van der Waals surface area contributed by atoms with E-state index in [0.29, 0.717) is 12.0 Å². The predicted octanol–water partition coefficient (Wildman–Crippen LogP) is 4.12. The van der Waals surface area contributed by atoms with Crippen molar-refractivity contribution >= 4 is 0 Å². The third-order valence-electron chi connectivity index (χ3n) is 4.06. The standard InChI is InChI=1S/C18H17FO/c1-2-5-16-15-7-4-3-6-12(15)10-13-8-9-14(19)11-17(13)18(16)20/h2-4,6-9,11,16,18,20H,1,5,10H2/t16-,18+/m0/s1. The van der Waals surface area contributed by atoms with Gasteiger partial charge in [0, 0.05) is 5.92 Å². The fraction of sp³-hybridized carbons (Fsp3) is 0.222. The third kappa shape index (κ3) is 2.16. The summed E-state index contributed by atoms with van der Waals surface area (Å²) in [6, 6.07) is 12.8. The number of halogens is 1. The molecule has 20 heavy (non-hydrogen) atoms. The molecule has 0 unspecified atom stereocenters. The first-order chi connectivity index (χ1) is 9.70. The van der Waals surface area contributed by atoms with E-state index in [2.05, 4.69) is 18.7 Å². The van der Waals surface area contributed by atoms with Crippen LogP contribution in [0.2, 0.25) is 0 Å². The zero-order chi connectivity index (χ0) is 14.1. The van der Waals surface area contributed by atoms with Crippen LogP contribution in [0.1, 0.15) is 40.7 Å². The minimum atomic E-state index is -0.692. The van der Waals surface area contributed by atoms with Crippen LogP contribution < -0.4 is 0 Å². The highest BCUT2D eigenvalue weighted by atomic mass is 19.1. The topological polar surface area (TPSA) is 20.2 Å². The van der Waals surface area contributed by atoms with E-state index in [1.54, 1.807) is 6.07 Å². The number of benzene rings is 2. The molecule has 0 fully saturated rings. The monoisotopic (exact) mass is 268 g/mol. The highest BCUT2D eigenvalue weighted by Gasteiger charge is 2.29. The summed E-state index contributed by atoms with van der Waals surface area (Å²) < 4.78 is 13.5. The molecule has 2 aromatic rings. The Morgan fingerprint density at radius 2 is 1.90 bits per heavy atom. The number of rotatable bonds is 2. The molecule has 0 bridgehead atoms. The molecule has 0 saturated carbocycles. The Bertz CT molecular complexity index is 648. The number of hydrogen-bond donors (Lipinski definition) is 1. The van der Waals surface area contributed by atoms with Crippen molar-refractivity contribution in [3.63, 3.8) is 0 Å². The normalized spacial score (nSPS) is 20.7. The van der Waals surface area contributed by atoms with Crippen molar-refractivity contribution in [3.05, 3.63) is 83.2 Å². The highest BCUT2D eigenvalue weighted by Crippen LogP contribution is 2.41. The van der Waals surface area contributed by atoms with E-state index in [9.17, 15) is 9.50 Å². The van der Waals surface area contributed by atoms with Gasteiger partial charge in [-0.1, -0.05) is 36.4 Å². The molecule has 2 heteroatoms. The van der Waals surface area contributed by atoms with Crippen molar-refractivity contribution in [3.8, 4) is 0 Å². The number of aliphatic hydroxyl groups is 1. The molecule has 0 aliphatic heterocycles. The van der Waals surface area contributed by atoms with Gasteiger partial charge in [-0.2, -0.15) is 0 Å². The van der Waals surface area contributed by atoms with E-state index in [1.165, 1.54) is 17.7 Å². The van der Waals surface area contributed by atoms with E-state index >= 15 is 0 Å². The molecule has 0 spiro atoms. The molecule has 0 heterocycles. The smallest absolute Gasteiger partial charge is 0.123 e. The number of fused-ring (bicyclic) bond motifs is 2. The fourth-order valence-electron chi connectivity index (χ4n) is 3.09. The Labute approximate surface area is 118 Å². The maximum absolute atomic E-state index is 13.5. The summed E-state index contributed by atoms with van der Waals surface area (Å²) in [6.45, 7) is 3.78. The van der Waals surface area contributed by atoms with Crippen LogP contribution >= 0.6 is 0 Å². The van der Waals surface area contributed by atoms with Gasteiger partial charge in [0.2, 0.25) is 0 Å². The van der Waals surface area contributed by atoms with Gasteiger partial charge < -0.3 is 5.11 Å². The Balaban J connectivity index is 2.19. The van der Waals surface area contributed by atoms with Crippen LogP contribution in [0, 0.1) is 5.82 Å². The first-order valence-corrected chi connectivity index (χ1v) is 6.86. The van der Waals surface area contributed by atoms with Crippen LogP contribution in [0.25, 0.3) is 0 Å². The van der Waals surface area contributed by atoms with Crippen molar-refractivity contribution in [1.29, 1.82) is 0 Å². The van der Waals surface area contributed by atoms with E-state index < -0.39 is 6.10 Å². The van der Waals surface area contributed by atoms with Gasteiger partial charge in [0.05, 0.1) is 6.10 Å². The molecule has 1 N–H and O–H groups in total. The molecule has 0 saturated heterocycles. The summed E-state index contributed by atoms with van der Waals surface area (Å²) in [5, 5.41) is 10.7. The minimum Gasteiger partial charge on any atom is -0.388 e. The van der Waals surface area contributed by atoms with Crippen LogP contribution in [0.5, 0.6) is 0 Å². The predicted molar refractivity (Wildman–Crippen MR) is 78.2 cm³/mol. The van der Waals surface area contributed by atoms with E-state index in [1.807, 2.05) is 18.2 Å². The van der Waals surface area contributed by atoms with Crippen LogP contribution in [0.3, 0.4) is 0 Å². The lowest BCUT2D eigenvalue weighted by Gasteiger charge is -2.22. The third-order valence-corrected chi connectivity index (χ3v) is 4.06. The van der Waals surface area contributed by atoms with Gasteiger partial charge in [-0.25, -0.2) is 4.39 Å². The zero-order valence-corrected chi connectivity index (χ0v) is 11.2. The number of hydrogen-bond acceptors (Lipinski definition) is 1. The Morgan fingerprint density at radius 3 is 2.70 bits per heavy atom. The van der Waals surface area contributed by atoms with Crippen LogP contribution in [-0.2, 0) is 6.42 Å². The van der Waals surface area contributed by atoms with Crippen LogP contribution in [-0.4, -0.2) is 5.11 Å². The molecule has 0 amide bonds. The molecule has 102 valence electrons. The summed E-state index contributed by atoms with van der Waals surface area (Å²) in [4.78, 5) is 0. The summed E-state index contributed by atoms with van der Waals surface area (Å²) in [7, 11) is 0. The summed E-state index contributed by atoms with van der Waals surface area (Å²) in [5.74, 6) is -0.363. The van der Waals surface area contributed by atoms with Gasteiger partial charge in [-0.3, -0.25) is 0 Å². The number of aliphatic hydroxyl groups excluding tert-OH is 1. The first kappa shape index (κ1) is 13.1. The molecule has 3 rings (SSSR count). The van der Waals surface area contributed by atoms with Crippen molar-refractivity contribution < 1.29 is 9.50 Å². The second kappa shape index (κ2) is 5.22. The van der Waals surface area contributed by atoms with Gasteiger partial charge in [0.25, 0.3) is 0 Å². The minimum absolute atomic E-state index is 0.0632. The highest BCUT2D eigenvalue weighted by molar-refractivity contribution is 5.44. The fourth-order valence-corrected chi connectivity index (χ4v) is 3.09. The van der Waals surface area contributed by atoms with Gasteiger partial charge >= 0.3 is 0 Å². The van der Waals surface area contributed by atoms with Gasteiger partial charge in [-0.15, -0.1) is 6.58 Å². The largest absolute Gasteiger partial charge is 0.388 e. The van der Waals surface area contributed by atoms with Crippen molar-refractivity contribution in [1.82, 2.24) is 0 Å². The molecule has 1 nitrogen and oxygen atoms in total. The summed E-state index contributed by atoms with van der Waals surface area (Å²) in [5.41, 5.74) is 4.03. The maximum Gasteiger partial charge on any atom is 0.123 e. The lowest BCUT2D eigenvalue weighted by molar-refractivity contribution is 0.145. The van der Waals surface area contributed by atoms with Crippen molar-refractivity contribution in [2.75, 3.05) is 0 Å². The molecular weight excluding hydrogens is 251 g/mol. The first-order valence-electron chi connectivity index (χ1n) is 6.86. The summed E-state index contributed by atoms with van der Waals surface area (Å²) in [6.07, 6.45) is 2.53. The molecule has 1 aliphatic rings. The number of allylic oxidation sites excluding steroid dienone is 1. The molecule has 0 radical (unpaired) electrons. The Kier molecular flexibility index (Phi) is 3.41. The molecule has 1 aliphatic carbocycles. The van der Waals surface area contributed by atoms with E-state index in [0.717, 1.165) is 17.5 Å². The molecule has 0 aromatic heterocycles. The average Bonchev–Trinajstić information content (AvgIpc) is 2.57. The van der Waals surface area contributed by atoms with E-state index in [-0.39, 0.29) is 11.7 Å². The Morgan fingerprint density at radius 1 is 1.15 bits per heavy atom. The van der Waals surface area contributed by atoms with Crippen LogP contribution in [0.4, 0.5) is 4.39 Å².